The Morgan fingerprint density at radius 3 is 2.18 bits per heavy atom. The molecule has 0 fully saturated rings. The number of nitrogens with one attached hydrogen (secondary N) is 1. The molecule has 1 aromatic rings. The number of carbonyl (C=O) groups is 1. The van der Waals surface area contributed by atoms with Gasteiger partial charge < -0.3 is 4.79 Å². The number of aldehydes is 1. The van der Waals surface area contributed by atoms with Gasteiger partial charge in [0.2, 0.25) is 10.0 Å². The number of benzene rings is 1. The van der Waals surface area contributed by atoms with Crippen LogP contribution in [0.4, 0.5) is 13.2 Å². The van der Waals surface area contributed by atoms with Crippen LogP contribution >= 0.6 is 0 Å². The van der Waals surface area contributed by atoms with Gasteiger partial charge in [0.15, 0.2) is 0 Å². The maximum Gasteiger partial charge on any atom is 0.262 e. The van der Waals surface area contributed by atoms with Gasteiger partial charge in [-0.15, -0.1) is 0 Å². The van der Waals surface area contributed by atoms with E-state index in [4.69, 9.17) is 0 Å². The molecular weight excluding hydrogens is 319 g/mol. The Kier molecular flexibility index (Phi) is 5.40. The topological polar surface area (TPSA) is 63.2 Å². The Morgan fingerprint density at radius 1 is 1.23 bits per heavy atom. The first-order valence-electron chi connectivity index (χ1n) is 6.48. The molecule has 22 heavy (non-hydrogen) atoms. The quantitative estimate of drug-likeness (QED) is 0.812. The zero-order chi connectivity index (χ0) is 17.2. The van der Waals surface area contributed by atoms with Crippen molar-refractivity contribution in [3.05, 3.63) is 35.6 Å². The Hall–Kier alpha value is -1.41. The third kappa shape index (κ3) is 3.49. The van der Waals surface area contributed by atoms with E-state index in [1.54, 1.807) is 0 Å². The summed E-state index contributed by atoms with van der Waals surface area (Å²) in [5.41, 5.74) is -3.20. The molecule has 0 bridgehead atoms. The van der Waals surface area contributed by atoms with Gasteiger partial charge in [-0.2, -0.15) is 4.72 Å². The lowest BCUT2D eigenvalue weighted by Gasteiger charge is -2.35. The van der Waals surface area contributed by atoms with Crippen LogP contribution in [0.25, 0.3) is 0 Å². The molecule has 0 unspecified atom stereocenters. The van der Waals surface area contributed by atoms with E-state index in [9.17, 15) is 26.4 Å². The first-order chi connectivity index (χ1) is 9.98. The maximum atomic E-state index is 14.0. The number of sulfonamides is 1. The van der Waals surface area contributed by atoms with Crippen LogP contribution < -0.4 is 4.72 Å². The van der Waals surface area contributed by atoms with Crippen molar-refractivity contribution in [3.8, 4) is 0 Å². The molecule has 0 amide bonds. The smallest absolute Gasteiger partial charge is 0.262 e. The first kappa shape index (κ1) is 18.6. The summed E-state index contributed by atoms with van der Waals surface area (Å²) in [6, 6.07) is 4.55. The van der Waals surface area contributed by atoms with Crippen LogP contribution in [0.1, 0.15) is 32.8 Å². The second kappa shape index (κ2) is 6.37. The molecule has 1 rings (SSSR count). The average molecular weight is 337 g/mol. The lowest BCUT2D eigenvalue weighted by Crippen LogP contribution is -2.55. The van der Waals surface area contributed by atoms with E-state index in [1.807, 2.05) is 4.72 Å². The summed E-state index contributed by atoms with van der Waals surface area (Å²) in [5, 5.41) is 0. The molecule has 1 N–H and O–H groups in total. The molecule has 0 aliphatic heterocycles. The Labute approximate surface area is 127 Å². The third-order valence-corrected chi connectivity index (χ3v) is 5.50. The molecule has 0 heterocycles. The fraction of sp³-hybridized carbons (Fsp3) is 0.500. The maximum absolute atomic E-state index is 14.0. The molecule has 0 aromatic heterocycles. The van der Waals surface area contributed by atoms with Gasteiger partial charge in [-0.05, 0) is 26.8 Å². The van der Waals surface area contributed by atoms with Crippen LogP contribution in [0.3, 0.4) is 0 Å². The van der Waals surface area contributed by atoms with E-state index in [1.165, 1.54) is 32.9 Å². The number of rotatable bonds is 6. The third-order valence-electron chi connectivity index (χ3n) is 3.25. The summed E-state index contributed by atoms with van der Waals surface area (Å²) in [5.74, 6) is -1.01. The highest BCUT2D eigenvalue weighted by molar-refractivity contribution is 7.90. The van der Waals surface area contributed by atoms with Gasteiger partial charge in [-0.25, -0.2) is 21.6 Å². The first-order valence-corrected chi connectivity index (χ1v) is 7.96. The predicted octanol–water partition coefficient (Wildman–Crippen LogP) is 2.59. The van der Waals surface area contributed by atoms with Crippen LogP contribution in [0.15, 0.2) is 24.3 Å². The molecule has 0 aliphatic carbocycles. The van der Waals surface area contributed by atoms with Crippen molar-refractivity contribution in [2.45, 2.75) is 43.9 Å². The summed E-state index contributed by atoms with van der Waals surface area (Å²) < 4.78 is 66.3. The van der Waals surface area contributed by atoms with Gasteiger partial charge in [-0.1, -0.05) is 18.2 Å². The molecular formula is C14H18F3NO3S. The summed E-state index contributed by atoms with van der Waals surface area (Å²) in [7, 11) is -4.24. The van der Waals surface area contributed by atoms with Gasteiger partial charge >= 0.3 is 0 Å². The minimum atomic E-state index is -4.24. The number of hydrogen-bond acceptors (Lipinski definition) is 3. The van der Waals surface area contributed by atoms with E-state index in [0.717, 1.165) is 12.1 Å². The summed E-state index contributed by atoms with van der Waals surface area (Å²) in [6.07, 6.45) is -4.06. The summed E-state index contributed by atoms with van der Waals surface area (Å²) in [6.45, 7) is 3.94. The fourth-order valence-corrected chi connectivity index (χ4v) is 2.87. The van der Waals surface area contributed by atoms with Crippen LogP contribution in [-0.4, -0.2) is 25.9 Å². The molecule has 0 aliphatic rings. The SMILES string of the molecule is CC(C)(C)S(=O)(=O)N[C@@](CC=O)(c1ccccc1F)C(F)F. The van der Waals surface area contributed by atoms with Crippen LogP contribution in [0.2, 0.25) is 0 Å². The van der Waals surface area contributed by atoms with Crippen LogP contribution in [0, 0.1) is 5.82 Å². The highest BCUT2D eigenvalue weighted by Gasteiger charge is 2.48. The molecule has 0 saturated heterocycles. The van der Waals surface area contributed by atoms with E-state index >= 15 is 0 Å². The average Bonchev–Trinajstić information content (AvgIpc) is 2.36. The number of alkyl halides is 2. The second-order valence-electron chi connectivity index (χ2n) is 5.84. The van der Waals surface area contributed by atoms with Crippen molar-refractivity contribution in [2.24, 2.45) is 0 Å². The van der Waals surface area contributed by atoms with Gasteiger partial charge in [0.25, 0.3) is 6.43 Å². The molecule has 0 spiro atoms. The van der Waals surface area contributed by atoms with E-state index in [2.05, 4.69) is 0 Å². The number of hydrogen-bond donors (Lipinski definition) is 1. The minimum absolute atomic E-state index is 0.143. The van der Waals surface area contributed by atoms with E-state index in [0.29, 0.717) is 0 Å². The number of carbonyl (C=O) groups excluding carboxylic acids is 1. The predicted molar refractivity (Wildman–Crippen MR) is 76.6 cm³/mol. The van der Waals surface area contributed by atoms with Crippen molar-refractivity contribution in [2.75, 3.05) is 0 Å². The van der Waals surface area contributed by atoms with Crippen molar-refractivity contribution >= 4 is 16.3 Å². The highest BCUT2D eigenvalue weighted by atomic mass is 32.2. The lowest BCUT2D eigenvalue weighted by atomic mass is 9.88. The molecule has 8 heteroatoms. The Bertz CT molecular complexity index is 641. The Balaban J connectivity index is 3.55. The lowest BCUT2D eigenvalue weighted by molar-refractivity contribution is -0.111. The molecule has 4 nitrogen and oxygen atoms in total. The van der Waals surface area contributed by atoms with Gasteiger partial charge in [-0.3, -0.25) is 0 Å². The van der Waals surface area contributed by atoms with Crippen molar-refractivity contribution < 1.29 is 26.4 Å². The van der Waals surface area contributed by atoms with Crippen LogP contribution in [0.5, 0.6) is 0 Å². The molecule has 1 aromatic carbocycles. The monoisotopic (exact) mass is 337 g/mol. The molecule has 1 atom stereocenters. The standard InChI is InChI=1S/C14H18F3NO3S/c1-13(2,3)22(20,21)18-14(8-9-19,12(16)17)10-6-4-5-7-11(10)15/h4-7,9,12,18H,8H2,1-3H3/t14-/m0/s1. The molecule has 0 saturated carbocycles. The molecule has 124 valence electrons. The van der Waals surface area contributed by atoms with Gasteiger partial charge in [0.05, 0.1) is 4.75 Å². The second-order valence-corrected chi connectivity index (χ2v) is 8.28. The Morgan fingerprint density at radius 2 is 1.77 bits per heavy atom. The summed E-state index contributed by atoms with van der Waals surface area (Å²) in [4.78, 5) is 10.9. The van der Waals surface area contributed by atoms with Gasteiger partial charge in [0, 0.05) is 12.0 Å². The highest BCUT2D eigenvalue weighted by Crippen LogP contribution is 2.35. The molecule has 0 radical (unpaired) electrons. The van der Waals surface area contributed by atoms with E-state index in [-0.39, 0.29) is 6.29 Å². The largest absolute Gasteiger partial charge is 0.303 e. The van der Waals surface area contributed by atoms with E-state index < -0.39 is 44.5 Å². The van der Waals surface area contributed by atoms with Crippen molar-refractivity contribution in [1.82, 2.24) is 4.72 Å². The van der Waals surface area contributed by atoms with Crippen molar-refractivity contribution in [3.63, 3.8) is 0 Å². The van der Waals surface area contributed by atoms with Crippen molar-refractivity contribution in [1.29, 1.82) is 0 Å². The zero-order valence-electron chi connectivity index (χ0n) is 12.4. The number of halogens is 3. The zero-order valence-corrected chi connectivity index (χ0v) is 13.3. The summed E-state index contributed by atoms with van der Waals surface area (Å²) >= 11 is 0. The fourth-order valence-electron chi connectivity index (χ4n) is 1.81. The normalized spacial score (nSPS) is 15.6. The van der Waals surface area contributed by atoms with Crippen LogP contribution in [-0.2, 0) is 20.4 Å². The minimum Gasteiger partial charge on any atom is -0.303 e. The van der Waals surface area contributed by atoms with Gasteiger partial charge in [0.1, 0.15) is 17.6 Å².